The summed E-state index contributed by atoms with van der Waals surface area (Å²) in [5.41, 5.74) is 5.25. The van der Waals surface area contributed by atoms with Crippen LogP contribution in [0.5, 0.6) is 0 Å². The van der Waals surface area contributed by atoms with Gasteiger partial charge in [0, 0.05) is 6.04 Å². The zero-order valence-electron chi connectivity index (χ0n) is 14.6. The van der Waals surface area contributed by atoms with Gasteiger partial charge in [-0.05, 0) is 29.7 Å². The minimum Gasteiger partial charge on any atom is -0.479 e. The number of alkyl halides is 3. The summed E-state index contributed by atoms with van der Waals surface area (Å²) in [5.74, 6) is -2.66. The largest absolute Gasteiger partial charge is 0.479 e. The third-order valence-electron chi connectivity index (χ3n) is 4.07. The number of carbonyl (C=O) groups is 2. The van der Waals surface area contributed by atoms with E-state index < -0.39 is 41.8 Å². The van der Waals surface area contributed by atoms with Crippen LogP contribution in [0.3, 0.4) is 0 Å². The molecule has 1 unspecified atom stereocenters. The molecule has 2 aromatic rings. The highest BCUT2D eigenvalue weighted by molar-refractivity contribution is 5.87. The molecule has 28 heavy (non-hydrogen) atoms. The molecule has 0 aromatic heterocycles. The number of carboxylic acid groups (broad SMARTS) is 1. The molecule has 0 fully saturated rings. The fourth-order valence-electron chi connectivity index (χ4n) is 2.60. The third-order valence-corrected chi connectivity index (χ3v) is 4.07. The maximum atomic E-state index is 12.8. The van der Waals surface area contributed by atoms with E-state index in [0.29, 0.717) is 6.07 Å². The van der Waals surface area contributed by atoms with Crippen molar-refractivity contribution in [3.63, 3.8) is 0 Å². The Bertz CT molecular complexity index is 827. The molecule has 0 spiro atoms. The highest BCUT2D eigenvalue weighted by Crippen LogP contribution is 2.30. The van der Waals surface area contributed by atoms with Gasteiger partial charge < -0.3 is 21.3 Å². The number of rotatable bonds is 7. The molecule has 2 aromatic carbocycles. The number of hydrogen-bond donors (Lipinski definition) is 4. The van der Waals surface area contributed by atoms with Gasteiger partial charge in [-0.3, -0.25) is 4.79 Å². The van der Waals surface area contributed by atoms with E-state index in [0.717, 1.165) is 23.8 Å². The zero-order valence-corrected chi connectivity index (χ0v) is 14.6. The lowest BCUT2D eigenvalue weighted by Gasteiger charge is -2.22. The van der Waals surface area contributed by atoms with Gasteiger partial charge >= 0.3 is 12.1 Å². The van der Waals surface area contributed by atoms with Crippen LogP contribution in [0.1, 0.15) is 22.7 Å². The van der Waals surface area contributed by atoms with E-state index in [2.05, 4.69) is 0 Å². The molecular formula is C19H19F3N2O4. The third kappa shape index (κ3) is 5.54. The molecule has 150 valence electrons. The Morgan fingerprint density at radius 3 is 2.29 bits per heavy atom. The van der Waals surface area contributed by atoms with E-state index in [1.165, 1.54) is 0 Å². The predicted molar refractivity (Wildman–Crippen MR) is 94.1 cm³/mol. The molecule has 0 aliphatic heterocycles. The Kier molecular flexibility index (Phi) is 6.76. The van der Waals surface area contributed by atoms with Crippen LogP contribution >= 0.6 is 0 Å². The SMILES string of the molecule is N[C@H](Cc1ccccc1)[C@H](O)C(=O)NC(C(=O)O)c1cccc(C(F)(F)F)c1. The molecule has 0 aliphatic carbocycles. The first-order valence-corrected chi connectivity index (χ1v) is 8.27. The molecule has 0 saturated carbocycles. The predicted octanol–water partition coefficient (Wildman–Crippen LogP) is 1.88. The molecule has 9 heteroatoms. The van der Waals surface area contributed by atoms with Crippen LogP contribution in [0.25, 0.3) is 0 Å². The standard InChI is InChI=1S/C19H19F3N2O4/c20-19(21,22)13-8-4-7-12(10-13)15(18(27)28)24-17(26)16(25)14(23)9-11-5-2-1-3-6-11/h1-8,10,14-16,25H,9,23H2,(H,24,26)(H,27,28)/t14-,15?,16+/m1/s1. The van der Waals surface area contributed by atoms with Gasteiger partial charge in [0.25, 0.3) is 5.91 Å². The summed E-state index contributed by atoms with van der Waals surface area (Å²) in [4.78, 5) is 23.7. The van der Waals surface area contributed by atoms with Gasteiger partial charge in [0.15, 0.2) is 6.04 Å². The fraction of sp³-hybridized carbons (Fsp3) is 0.263. The van der Waals surface area contributed by atoms with Crippen molar-refractivity contribution in [3.05, 3.63) is 71.3 Å². The van der Waals surface area contributed by atoms with Gasteiger partial charge in [-0.2, -0.15) is 13.2 Å². The number of nitrogens with two attached hydrogens (primary N) is 1. The number of nitrogens with one attached hydrogen (secondary N) is 1. The molecule has 0 heterocycles. The van der Waals surface area contributed by atoms with E-state index in [9.17, 15) is 33.0 Å². The Labute approximate surface area is 158 Å². The summed E-state index contributed by atoms with van der Waals surface area (Å²) in [6.07, 6.45) is -6.26. The average Bonchev–Trinajstić information content (AvgIpc) is 2.65. The Morgan fingerprint density at radius 1 is 1.07 bits per heavy atom. The van der Waals surface area contributed by atoms with Crippen molar-refractivity contribution in [2.75, 3.05) is 0 Å². The molecule has 5 N–H and O–H groups in total. The number of benzene rings is 2. The lowest BCUT2D eigenvalue weighted by molar-refractivity contribution is -0.144. The summed E-state index contributed by atoms with van der Waals surface area (Å²) >= 11 is 0. The minimum atomic E-state index is -4.67. The van der Waals surface area contributed by atoms with E-state index in [4.69, 9.17) is 5.73 Å². The van der Waals surface area contributed by atoms with E-state index in [1.54, 1.807) is 30.3 Å². The van der Waals surface area contributed by atoms with Crippen LogP contribution in [-0.2, 0) is 22.2 Å². The van der Waals surface area contributed by atoms with Crippen molar-refractivity contribution in [1.29, 1.82) is 0 Å². The topological polar surface area (TPSA) is 113 Å². The molecule has 1 amide bonds. The van der Waals surface area contributed by atoms with Crippen LogP contribution in [-0.4, -0.2) is 34.2 Å². The molecule has 0 saturated heterocycles. The van der Waals surface area contributed by atoms with Crippen LogP contribution in [0.4, 0.5) is 13.2 Å². The number of carbonyl (C=O) groups excluding carboxylic acids is 1. The van der Waals surface area contributed by atoms with Gasteiger partial charge in [0.05, 0.1) is 5.56 Å². The van der Waals surface area contributed by atoms with Crippen molar-refractivity contribution in [2.24, 2.45) is 5.73 Å². The normalized spacial score (nSPS) is 14.8. The van der Waals surface area contributed by atoms with Crippen molar-refractivity contribution >= 4 is 11.9 Å². The smallest absolute Gasteiger partial charge is 0.416 e. The first-order chi connectivity index (χ1) is 13.1. The number of carboxylic acids is 1. The number of aliphatic hydroxyl groups excluding tert-OH is 1. The summed E-state index contributed by atoms with van der Waals surface area (Å²) < 4.78 is 38.5. The van der Waals surface area contributed by atoms with E-state index in [1.807, 2.05) is 5.32 Å². The van der Waals surface area contributed by atoms with Crippen molar-refractivity contribution in [3.8, 4) is 0 Å². The first kappa shape index (κ1) is 21.4. The number of hydrogen-bond acceptors (Lipinski definition) is 4. The van der Waals surface area contributed by atoms with Crippen molar-refractivity contribution < 1.29 is 33.0 Å². The van der Waals surface area contributed by atoms with Crippen LogP contribution < -0.4 is 11.1 Å². The maximum absolute atomic E-state index is 12.8. The first-order valence-electron chi connectivity index (χ1n) is 8.27. The lowest BCUT2D eigenvalue weighted by Crippen LogP contribution is -2.49. The summed E-state index contributed by atoms with van der Waals surface area (Å²) in [6, 6.07) is 9.58. The number of halogens is 3. The van der Waals surface area contributed by atoms with Gasteiger partial charge in [0.2, 0.25) is 0 Å². The average molecular weight is 396 g/mol. The second-order valence-electron chi connectivity index (χ2n) is 6.20. The van der Waals surface area contributed by atoms with E-state index >= 15 is 0 Å². The van der Waals surface area contributed by atoms with Crippen LogP contribution in [0, 0.1) is 0 Å². The second-order valence-corrected chi connectivity index (χ2v) is 6.20. The Morgan fingerprint density at radius 2 is 1.71 bits per heavy atom. The molecule has 6 nitrogen and oxygen atoms in total. The van der Waals surface area contributed by atoms with Gasteiger partial charge in [-0.25, -0.2) is 4.79 Å². The van der Waals surface area contributed by atoms with Crippen molar-refractivity contribution in [2.45, 2.75) is 30.8 Å². The van der Waals surface area contributed by atoms with Gasteiger partial charge in [-0.15, -0.1) is 0 Å². The van der Waals surface area contributed by atoms with Crippen LogP contribution in [0.2, 0.25) is 0 Å². The monoisotopic (exact) mass is 396 g/mol. The van der Waals surface area contributed by atoms with E-state index in [-0.39, 0.29) is 12.0 Å². The van der Waals surface area contributed by atoms with Crippen molar-refractivity contribution in [1.82, 2.24) is 5.32 Å². The molecule has 3 atom stereocenters. The van der Waals surface area contributed by atoms with Crippen LogP contribution in [0.15, 0.2) is 54.6 Å². The summed E-state index contributed by atoms with van der Waals surface area (Å²) in [5, 5.41) is 21.5. The molecule has 2 rings (SSSR count). The fourth-order valence-corrected chi connectivity index (χ4v) is 2.60. The highest BCUT2D eigenvalue weighted by atomic mass is 19.4. The zero-order chi connectivity index (χ0) is 20.9. The van der Waals surface area contributed by atoms with Gasteiger partial charge in [-0.1, -0.05) is 42.5 Å². The minimum absolute atomic E-state index is 0.150. The summed E-state index contributed by atoms with van der Waals surface area (Å²) in [6.45, 7) is 0. The highest BCUT2D eigenvalue weighted by Gasteiger charge is 2.33. The summed E-state index contributed by atoms with van der Waals surface area (Å²) in [7, 11) is 0. The Hall–Kier alpha value is -2.91. The lowest BCUT2D eigenvalue weighted by atomic mass is 10.00. The number of amides is 1. The van der Waals surface area contributed by atoms with Gasteiger partial charge in [0.1, 0.15) is 6.10 Å². The number of aliphatic carboxylic acids is 1. The maximum Gasteiger partial charge on any atom is 0.416 e. The molecule has 0 radical (unpaired) electrons. The molecule has 0 bridgehead atoms. The quantitative estimate of drug-likeness (QED) is 0.571. The number of aliphatic hydroxyl groups is 1. The molecule has 0 aliphatic rings. The molecular weight excluding hydrogens is 377 g/mol. The second kappa shape index (κ2) is 8.85. The Balaban J connectivity index is 2.13.